The Kier molecular flexibility index (Phi) is 4.34. The number of nitrogens with one attached hydrogen (secondary N) is 1. The lowest BCUT2D eigenvalue weighted by atomic mass is 10.0. The third-order valence-electron chi connectivity index (χ3n) is 2.34. The van der Waals surface area contributed by atoms with Gasteiger partial charge in [-0.3, -0.25) is 10.1 Å². The molecule has 0 bridgehead atoms. The van der Waals surface area contributed by atoms with Gasteiger partial charge in [0.15, 0.2) is 6.04 Å². The highest BCUT2D eigenvalue weighted by molar-refractivity contribution is 5.75. The second-order valence-electron chi connectivity index (χ2n) is 4.22. The van der Waals surface area contributed by atoms with Crippen molar-refractivity contribution in [3.63, 3.8) is 0 Å². The van der Waals surface area contributed by atoms with Crippen LogP contribution in [-0.4, -0.2) is 23.2 Å². The molecule has 0 amide bonds. The Balaban J connectivity index is 3.07. The molecule has 6 heteroatoms. The largest absolute Gasteiger partial charge is 0.480 e. The van der Waals surface area contributed by atoms with Crippen molar-refractivity contribution in [2.45, 2.75) is 31.9 Å². The second kappa shape index (κ2) is 5.39. The number of halogens is 3. The Bertz CT molecular complexity index is 418. The van der Waals surface area contributed by atoms with E-state index in [0.29, 0.717) is 0 Å². The topological polar surface area (TPSA) is 49.3 Å². The predicted molar refractivity (Wildman–Crippen MR) is 60.0 cm³/mol. The maximum absolute atomic E-state index is 14.0. The first-order valence-electron chi connectivity index (χ1n) is 5.38. The first-order chi connectivity index (χ1) is 8.25. The van der Waals surface area contributed by atoms with Gasteiger partial charge < -0.3 is 5.11 Å². The van der Waals surface area contributed by atoms with Crippen molar-refractivity contribution in [2.75, 3.05) is 0 Å². The minimum absolute atomic E-state index is 0.419. The van der Waals surface area contributed by atoms with Crippen LogP contribution in [0.25, 0.3) is 0 Å². The van der Waals surface area contributed by atoms with E-state index in [1.54, 1.807) is 13.8 Å². The van der Waals surface area contributed by atoms with Crippen molar-refractivity contribution >= 4 is 5.97 Å². The molecule has 1 rings (SSSR count). The van der Waals surface area contributed by atoms with Crippen LogP contribution in [0.15, 0.2) is 24.3 Å². The monoisotopic (exact) mass is 261 g/mol. The molecule has 0 saturated heterocycles. The summed E-state index contributed by atoms with van der Waals surface area (Å²) in [5, 5.41) is 11.1. The summed E-state index contributed by atoms with van der Waals surface area (Å²) in [4.78, 5) is 10.9. The number of carbonyl (C=O) groups is 1. The minimum Gasteiger partial charge on any atom is -0.480 e. The second-order valence-corrected chi connectivity index (χ2v) is 4.22. The lowest BCUT2D eigenvalue weighted by Gasteiger charge is -2.26. The average Bonchev–Trinajstić information content (AvgIpc) is 2.25. The SMILES string of the molecule is CC(C)NC(C(=O)O)C(F)(F)c1ccc(F)cc1. The third-order valence-corrected chi connectivity index (χ3v) is 2.34. The molecule has 0 aliphatic carbocycles. The van der Waals surface area contributed by atoms with Crippen LogP contribution in [0, 0.1) is 5.82 Å². The van der Waals surface area contributed by atoms with E-state index >= 15 is 0 Å². The Morgan fingerprint density at radius 3 is 2.17 bits per heavy atom. The molecule has 18 heavy (non-hydrogen) atoms. The van der Waals surface area contributed by atoms with E-state index in [1.165, 1.54) is 0 Å². The molecule has 0 aromatic heterocycles. The van der Waals surface area contributed by atoms with Crippen LogP contribution >= 0.6 is 0 Å². The molecule has 1 atom stereocenters. The molecule has 0 saturated carbocycles. The van der Waals surface area contributed by atoms with Gasteiger partial charge in [0.05, 0.1) is 0 Å². The molecule has 0 aliphatic heterocycles. The van der Waals surface area contributed by atoms with Crippen molar-refractivity contribution in [3.8, 4) is 0 Å². The van der Waals surface area contributed by atoms with Crippen molar-refractivity contribution < 1.29 is 23.1 Å². The average molecular weight is 261 g/mol. The summed E-state index contributed by atoms with van der Waals surface area (Å²) in [5.41, 5.74) is -0.538. The summed E-state index contributed by atoms with van der Waals surface area (Å²) in [6, 6.07) is 1.04. The zero-order valence-electron chi connectivity index (χ0n) is 9.95. The van der Waals surface area contributed by atoms with Gasteiger partial charge in [0.25, 0.3) is 5.92 Å². The molecule has 1 aromatic carbocycles. The molecule has 1 unspecified atom stereocenters. The first-order valence-corrected chi connectivity index (χ1v) is 5.38. The number of carboxylic acid groups (broad SMARTS) is 1. The van der Waals surface area contributed by atoms with Crippen molar-refractivity contribution in [2.24, 2.45) is 0 Å². The van der Waals surface area contributed by atoms with E-state index in [2.05, 4.69) is 5.32 Å². The maximum Gasteiger partial charge on any atom is 0.327 e. The summed E-state index contributed by atoms with van der Waals surface area (Å²) >= 11 is 0. The Morgan fingerprint density at radius 1 is 1.28 bits per heavy atom. The fourth-order valence-corrected chi connectivity index (χ4v) is 1.50. The zero-order chi connectivity index (χ0) is 13.9. The molecule has 3 nitrogen and oxygen atoms in total. The van der Waals surface area contributed by atoms with E-state index in [0.717, 1.165) is 24.3 Å². The van der Waals surface area contributed by atoms with E-state index in [-0.39, 0.29) is 0 Å². The molecule has 1 aromatic rings. The van der Waals surface area contributed by atoms with E-state index < -0.39 is 35.4 Å². The van der Waals surface area contributed by atoms with Gasteiger partial charge in [0, 0.05) is 11.6 Å². The summed E-state index contributed by atoms with van der Waals surface area (Å²) in [6.07, 6.45) is 0. The lowest BCUT2D eigenvalue weighted by Crippen LogP contribution is -2.51. The normalized spacial score (nSPS) is 13.7. The Hall–Kier alpha value is -1.56. The summed E-state index contributed by atoms with van der Waals surface area (Å²) < 4.78 is 40.7. The number of carboxylic acids is 1. The number of rotatable bonds is 5. The van der Waals surface area contributed by atoms with Crippen LogP contribution in [0.4, 0.5) is 13.2 Å². The molecule has 0 spiro atoms. The smallest absolute Gasteiger partial charge is 0.327 e. The molecule has 0 fully saturated rings. The van der Waals surface area contributed by atoms with E-state index in [4.69, 9.17) is 5.11 Å². The van der Waals surface area contributed by atoms with Gasteiger partial charge in [-0.1, -0.05) is 26.0 Å². The van der Waals surface area contributed by atoms with Gasteiger partial charge in [0.1, 0.15) is 5.82 Å². The Morgan fingerprint density at radius 2 is 1.78 bits per heavy atom. The number of hydrogen-bond donors (Lipinski definition) is 2. The number of alkyl halides is 2. The molecule has 0 heterocycles. The summed E-state index contributed by atoms with van der Waals surface area (Å²) in [5.74, 6) is -5.93. The van der Waals surface area contributed by atoms with Gasteiger partial charge in [-0.2, -0.15) is 8.78 Å². The van der Waals surface area contributed by atoms with Crippen LogP contribution in [-0.2, 0) is 10.7 Å². The first kappa shape index (κ1) is 14.5. The lowest BCUT2D eigenvalue weighted by molar-refractivity contribution is -0.152. The molecular weight excluding hydrogens is 247 g/mol. The third kappa shape index (κ3) is 3.22. The highest BCUT2D eigenvalue weighted by atomic mass is 19.3. The van der Waals surface area contributed by atoms with Gasteiger partial charge in [-0.25, -0.2) is 4.39 Å². The van der Waals surface area contributed by atoms with Gasteiger partial charge >= 0.3 is 5.97 Å². The van der Waals surface area contributed by atoms with Crippen LogP contribution in [0.1, 0.15) is 19.4 Å². The van der Waals surface area contributed by atoms with E-state index in [1.807, 2.05) is 0 Å². The molecule has 0 aliphatic rings. The quantitative estimate of drug-likeness (QED) is 0.855. The van der Waals surface area contributed by atoms with Crippen LogP contribution < -0.4 is 5.32 Å². The fourth-order valence-electron chi connectivity index (χ4n) is 1.50. The number of hydrogen-bond acceptors (Lipinski definition) is 2. The van der Waals surface area contributed by atoms with Crippen molar-refractivity contribution in [3.05, 3.63) is 35.6 Å². The van der Waals surface area contributed by atoms with Crippen LogP contribution in [0.2, 0.25) is 0 Å². The predicted octanol–water partition coefficient (Wildman–Crippen LogP) is 2.37. The highest BCUT2D eigenvalue weighted by Crippen LogP contribution is 2.32. The van der Waals surface area contributed by atoms with Gasteiger partial charge in [0.2, 0.25) is 0 Å². The fraction of sp³-hybridized carbons (Fsp3) is 0.417. The van der Waals surface area contributed by atoms with Crippen molar-refractivity contribution in [1.82, 2.24) is 5.32 Å². The number of benzene rings is 1. The van der Waals surface area contributed by atoms with Gasteiger partial charge in [-0.05, 0) is 12.1 Å². The summed E-state index contributed by atoms with van der Waals surface area (Å²) in [7, 11) is 0. The van der Waals surface area contributed by atoms with Gasteiger partial charge in [-0.15, -0.1) is 0 Å². The standard InChI is InChI=1S/C12H14F3NO2/c1-7(2)16-10(11(17)18)12(14,15)8-3-5-9(13)6-4-8/h3-7,10,16H,1-2H3,(H,17,18). The van der Waals surface area contributed by atoms with Crippen LogP contribution in [0.3, 0.4) is 0 Å². The number of aliphatic carboxylic acids is 1. The molecular formula is C12H14F3NO2. The van der Waals surface area contributed by atoms with E-state index in [9.17, 15) is 18.0 Å². The molecule has 0 radical (unpaired) electrons. The minimum atomic E-state index is -3.62. The molecule has 2 N–H and O–H groups in total. The highest BCUT2D eigenvalue weighted by Gasteiger charge is 2.46. The zero-order valence-corrected chi connectivity index (χ0v) is 9.95. The van der Waals surface area contributed by atoms with Crippen molar-refractivity contribution in [1.29, 1.82) is 0 Å². The van der Waals surface area contributed by atoms with Crippen LogP contribution in [0.5, 0.6) is 0 Å². The molecule has 100 valence electrons. The summed E-state index contributed by atoms with van der Waals surface area (Å²) in [6.45, 7) is 3.13. The Labute approximate surface area is 103 Å². The maximum atomic E-state index is 14.0.